The number of unbranched alkanes of at least 4 members (excludes halogenated alkanes) is 35. The molecule has 0 aliphatic carbocycles. The number of hydrogen-bond donors (Lipinski definition) is 2. The topological polar surface area (TPSA) is 102 Å². The van der Waals surface area contributed by atoms with Gasteiger partial charge in [-0.15, -0.1) is 0 Å². The van der Waals surface area contributed by atoms with Gasteiger partial charge in [0.15, 0.2) is 0 Å². The smallest absolute Gasteiger partial charge is 0.463 e. The van der Waals surface area contributed by atoms with Crippen LogP contribution in [0.3, 0.4) is 0 Å². The Balaban J connectivity index is 3.27. The molecule has 9 heteroatoms. The van der Waals surface area contributed by atoms with Gasteiger partial charge < -0.3 is 19.2 Å². The molecule has 2 atom stereocenters. The van der Waals surface area contributed by atoms with Crippen LogP contribution in [0.4, 0.5) is 0 Å². The molecule has 0 aromatic carbocycles. The Hall–Kier alpha value is -0.760. The molecule has 352 valence electrons. The fraction of sp³-hybridized carbons (Fsp3) is 0.940. The summed E-state index contributed by atoms with van der Waals surface area (Å²) >= 11 is 0. The van der Waals surface area contributed by atoms with Crippen LogP contribution < -0.4 is 0 Å². The Morgan fingerprint density at radius 2 is 0.831 bits per heavy atom. The van der Waals surface area contributed by atoms with Gasteiger partial charge in [0.25, 0.3) is 0 Å². The summed E-state index contributed by atoms with van der Waals surface area (Å²) in [4.78, 5) is 21.7. The lowest BCUT2D eigenvalue weighted by molar-refractivity contribution is -0.870. The number of likely N-dealkylation sites (N-methyl/N-ethyl adjacent to an activating group) is 1. The van der Waals surface area contributed by atoms with E-state index in [0.29, 0.717) is 17.4 Å². The number of rotatable bonds is 48. The predicted molar refractivity (Wildman–Crippen MR) is 252 cm³/mol. The highest BCUT2D eigenvalue weighted by atomic mass is 31.2. The third kappa shape index (κ3) is 49.8. The molecule has 0 radical (unpaired) electrons. The summed E-state index contributed by atoms with van der Waals surface area (Å²) in [7, 11) is 1.58. The van der Waals surface area contributed by atoms with Crippen LogP contribution in [0.1, 0.15) is 251 Å². The molecule has 0 spiro atoms. The van der Waals surface area contributed by atoms with E-state index in [2.05, 4.69) is 19.1 Å². The molecule has 59 heavy (non-hydrogen) atoms. The maximum atomic E-state index is 12.0. The normalized spacial score (nSPS) is 13.7. The van der Waals surface area contributed by atoms with Gasteiger partial charge in [-0.3, -0.25) is 13.8 Å². The number of hydrogen-bond acceptors (Lipinski definition) is 6. The highest BCUT2D eigenvalue weighted by Crippen LogP contribution is 2.43. The van der Waals surface area contributed by atoms with Gasteiger partial charge in [-0.1, -0.05) is 225 Å². The van der Waals surface area contributed by atoms with Crippen LogP contribution in [0, 0.1) is 0 Å². The van der Waals surface area contributed by atoms with Crippen LogP contribution in [0.5, 0.6) is 0 Å². The number of carbonyl (C=O) groups excluding carboxylic acids is 1. The zero-order valence-electron chi connectivity index (χ0n) is 39.8. The van der Waals surface area contributed by atoms with Gasteiger partial charge in [0, 0.05) is 6.42 Å². The summed E-state index contributed by atoms with van der Waals surface area (Å²) in [5.41, 5.74) is 0. The number of aliphatic hydroxyl groups is 1. The Labute approximate surface area is 367 Å². The Morgan fingerprint density at radius 1 is 0.508 bits per heavy atom. The van der Waals surface area contributed by atoms with Crippen molar-refractivity contribution in [1.29, 1.82) is 0 Å². The third-order valence-electron chi connectivity index (χ3n) is 11.5. The number of esters is 1. The van der Waals surface area contributed by atoms with Gasteiger partial charge in [-0.05, 0) is 32.1 Å². The van der Waals surface area contributed by atoms with E-state index < -0.39 is 20.5 Å². The molecule has 0 saturated heterocycles. The van der Waals surface area contributed by atoms with Crippen LogP contribution in [0.15, 0.2) is 12.2 Å². The van der Waals surface area contributed by atoms with Crippen molar-refractivity contribution < 1.29 is 37.6 Å². The van der Waals surface area contributed by atoms with Crippen LogP contribution in [-0.2, 0) is 23.1 Å². The molecule has 8 nitrogen and oxygen atoms in total. The van der Waals surface area contributed by atoms with Crippen molar-refractivity contribution in [3.8, 4) is 0 Å². The largest absolute Gasteiger partial charge is 0.472 e. The molecule has 2 unspecified atom stereocenters. The maximum Gasteiger partial charge on any atom is 0.472 e. The van der Waals surface area contributed by atoms with Crippen molar-refractivity contribution >= 4 is 13.8 Å². The summed E-state index contributed by atoms with van der Waals surface area (Å²) in [5.74, 6) is -0.365. The maximum absolute atomic E-state index is 12.0. The Morgan fingerprint density at radius 3 is 1.17 bits per heavy atom. The molecule has 0 saturated carbocycles. The number of phosphoric acid groups is 1. The lowest BCUT2D eigenvalue weighted by atomic mass is 10.0. The van der Waals surface area contributed by atoms with E-state index in [1.807, 2.05) is 21.1 Å². The zero-order chi connectivity index (χ0) is 43.4. The molecule has 0 aromatic heterocycles. The number of phosphoric ester groups is 1. The molecule has 0 fully saturated rings. The third-order valence-corrected chi connectivity index (χ3v) is 12.5. The van der Waals surface area contributed by atoms with Gasteiger partial charge in [-0.25, -0.2) is 4.57 Å². The first kappa shape index (κ1) is 58.2. The molecule has 0 aromatic rings. The first-order chi connectivity index (χ1) is 28.6. The van der Waals surface area contributed by atoms with E-state index in [4.69, 9.17) is 13.8 Å². The van der Waals surface area contributed by atoms with E-state index in [9.17, 15) is 19.4 Å². The minimum Gasteiger partial charge on any atom is -0.463 e. The zero-order valence-corrected chi connectivity index (χ0v) is 40.7. The van der Waals surface area contributed by atoms with Crippen molar-refractivity contribution in [2.24, 2.45) is 0 Å². The van der Waals surface area contributed by atoms with Crippen LogP contribution in [0.2, 0.25) is 0 Å². The number of aliphatic hydroxyl groups excluding tert-OH is 1. The fourth-order valence-electron chi connectivity index (χ4n) is 7.54. The molecule has 0 heterocycles. The summed E-state index contributed by atoms with van der Waals surface area (Å²) in [6.07, 6.45) is 54.5. The molecule has 0 aliphatic rings. The van der Waals surface area contributed by atoms with E-state index in [1.165, 1.54) is 218 Å². The first-order valence-corrected chi connectivity index (χ1v) is 27.0. The van der Waals surface area contributed by atoms with Crippen LogP contribution in [-0.4, -0.2) is 74.1 Å². The van der Waals surface area contributed by atoms with Gasteiger partial charge in [-0.2, -0.15) is 0 Å². The highest BCUT2D eigenvalue weighted by molar-refractivity contribution is 7.47. The minimum atomic E-state index is -4.25. The summed E-state index contributed by atoms with van der Waals surface area (Å²) in [5, 5.41) is 9.93. The average Bonchev–Trinajstić information content (AvgIpc) is 3.19. The second kappa shape index (κ2) is 43.9. The van der Waals surface area contributed by atoms with Crippen molar-refractivity contribution in [3.63, 3.8) is 0 Å². The average molecular weight is 859 g/mol. The quantitative estimate of drug-likeness (QED) is 0.0206. The molecule has 0 amide bonds. The van der Waals surface area contributed by atoms with Gasteiger partial charge in [0.2, 0.25) is 0 Å². The molecule has 0 bridgehead atoms. The van der Waals surface area contributed by atoms with E-state index in [0.717, 1.165) is 19.3 Å². The summed E-state index contributed by atoms with van der Waals surface area (Å²) in [6, 6.07) is 0. The van der Waals surface area contributed by atoms with E-state index in [-0.39, 0.29) is 19.2 Å². The first-order valence-electron chi connectivity index (χ1n) is 25.5. The van der Waals surface area contributed by atoms with Gasteiger partial charge >= 0.3 is 13.8 Å². The predicted octanol–water partition coefficient (Wildman–Crippen LogP) is 15.1. The lowest BCUT2D eigenvalue weighted by Crippen LogP contribution is -2.37. The lowest BCUT2D eigenvalue weighted by Gasteiger charge is -2.24. The molecule has 2 N–H and O–H groups in total. The van der Waals surface area contributed by atoms with Crippen molar-refractivity contribution in [2.75, 3.05) is 47.5 Å². The Kier molecular flexibility index (Phi) is 43.3. The molecule has 0 aliphatic heterocycles. The van der Waals surface area contributed by atoms with Gasteiger partial charge in [0.1, 0.15) is 25.9 Å². The van der Waals surface area contributed by atoms with E-state index >= 15 is 0 Å². The monoisotopic (exact) mass is 859 g/mol. The van der Waals surface area contributed by atoms with Crippen molar-refractivity contribution in [1.82, 2.24) is 0 Å². The molecule has 0 rings (SSSR count). The SMILES string of the molecule is CCCCCCCCCC/C=C\CCCCCCCCCCCCCCCCCCCCCCCCCCCCCC(=O)OCC(O)COP(=O)(O)OCC[N+](C)(C)C. The van der Waals surface area contributed by atoms with Crippen LogP contribution in [0.25, 0.3) is 0 Å². The summed E-state index contributed by atoms with van der Waals surface area (Å²) in [6.45, 7) is 2.18. The fourth-order valence-corrected chi connectivity index (χ4v) is 8.29. The number of ether oxygens (including phenoxy) is 1. The highest BCUT2D eigenvalue weighted by Gasteiger charge is 2.24. The van der Waals surface area contributed by atoms with E-state index in [1.54, 1.807) is 0 Å². The number of allylic oxidation sites excluding steroid dienone is 2. The molecular formula is C50H101NO7P+. The number of carbonyl (C=O) groups is 1. The second-order valence-electron chi connectivity index (χ2n) is 18.8. The standard InChI is InChI=1S/C50H100NO7P/c1-5-6-7-8-9-10-11-12-13-14-15-16-17-18-19-20-21-22-23-24-25-26-27-28-29-30-31-32-33-34-35-36-37-38-39-40-41-42-43-44-50(53)56-47-49(52)48-58-59(54,55)57-46-45-51(2,3)4/h14-15,49,52H,5-13,16-48H2,1-4H3/p+1/b15-14-. The number of quaternary nitrogens is 1. The Bertz CT molecular complexity index is 956. The minimum absolute atomic E-state index is 0.0571. The van der Waals surface area contributed by atoms with Crippen LogP contribution >= 0.6 is 7.82 Å². The second-order valence-corrected chi connectivity index (χ2v) is 20.2. The number of nitrogens with zero attached hydrogens (tertiary/aromatic N) is 1. The van der Waals surface area contributed by atoms with Gasteiger partial charge in [0.05, 0.1) is 27.7 Å². The van der Waals surface area contributed by atoms with Crippen molar-refractivity contribution in [2.45, 2.75) is 257 Å². The van der Waals surface area contributed by atoms with Crippen molar-refractivity contribution in [3.05, 3.63) is 12.2 Å². The summed E-state index contributed by atoms with van der Waals surface area (Å²) < 4.78 is 27.3. The molecular weight excluding hydrogens is 758 g/mol.